The molecule has 1 amide bonds. The summed E-state index contributed by atoms with van der Waals surface area (Å²) in [6, 6.07) is 0.276. The number of nitrogens with zero attached hydrogens (tertiary/aromatic N) is 1. The van der Waals surface area contributed by atoms with E-state index in [1.54, 1.807) is 0 Å². The normalized spacial score (nSPS) is 12.2. The van der Waals surface area contributed by atoms with Crippen LogP contribution < -0.4 is 5.73 Å². The topological polar surface area (TPSA) is 46.3 Å². The highest BCUT2D eigenvalue weighted by Crippen LogP contribution is 2.08. The molecule has 0 saturated heterocycles. The van der Waals surface area contributed by atoms with Gasteiger partial charge in [-0.1, -0.05) is 26.1 Å². The minimum absolute atomic E-state index is 0.211. The Labute approximate surface area is 98.0 Å². The van der Waals surface area contributed by atoms with E-state index < -0.39 is 0 Å². The van der Waals surface area contributed by atoms with E-state index in [-0.39, 0.29) is 11.9 Å². The third-order valence-electron chi connectivity index (χ3n) is 2.51. The molecule has 0 fully saturated rings. The van der Waals surface area contributed by atoms with Crippen molar-refractivity contribution in [2.24, 2.45) is 5.73 Å². The van der Waals surface area contributed by atoms with Crippen molar-refractivity contribution in [1.82, 2.24) is 4.90 Å². The Morgan fingerprint density at radius 2 is 2.00 bits per heavy atom. The predicted octanol–water partition coefficient (Wildman–Crippen LogP) is 2.09. The van der Waals surface area contributed by atoms with Gasteiger partial charge in [0.05, 0.1) is 4.99 Å². The summed E-state index contributed by atoms with van der Waals surface area (Å²) in [5.41, 5.74) is 5.45. The zero-order valence-electron chi connectivity index (χ0n) is 9.95. The van der Waals surface area contributed by atoms with E-state index in [0.717, 1.165) is 12.8 Å². The molecule has 0 radical (unpaired) electrons. The second-order valence-corrected chi connectivity index (χ2v) is 4.34. The molecule has 0 aliphatic carbocycles. The number of amides is 1. The molecule has 1 unspecified atom stereocenters. The van der Waals surface area contributed by atoms with Crippen molar-refractivity contribution in [3.63, 3.8) is 0 Å². The Morgan fingerprint density at radius 3 is 2.40 bits per heavy atom. The molecule has 0 bridgehead atoms. The van der Waals surface area contributed by atoms with Gasteiger partial charge in [-0.25, -0.2) is 0 Å². The zero-order chi connectivity index (χ0) is 11.8. The number of carbonyl (C=O) groups excluding carboxylic acids is 1. The molecular formula is C11H22N2OS. The van der Waals surface area contributed by atoms with Crippen LogP contribution in [-0.4, -0.2) is 28.4 Å². The van der Waals surface area contributed by atoms with Gasteiger partial charge in [-0.2, -0.15) is 0 Å². The maximum atomic E-state index is 11.8. The van der Waals surface area contributed by atoms with Crippen molar-refractivity contribution in [3.05, 3.63) is 0 Å². The first-order chi connectivity index (χ1) is 7.02. The number of hydrogen-bond acceptors (Lipinski definition) is 2. The molecule has 0 heterocycles. The van der Waals surface area contributed by atoms with Gasteiger partial charge in [0.2, 0.25) is 5.91 Å². The number of rotatable bonds is 7. The number of nitrogens with two attached hydrogens (primary N) is 1. The Balaban J connectivity index is 4.29. The van der Waals surface area contributed by atoms with Crippen LogP contribution in [0.2, 0.25) is 0 Å². The molecule has 0 aromatic heterocycles. The lowest BCUT2D eigenvalue weighted by Gasteiger charge is -2.28. The molecule has 2 N–H and O–H groups in total. The van der Waals surface area contributed by atoms with Gasteiger partial charge in [0, 0.05) is 25.4 Å². The molecule has 0 spiro atoms. The standard InChI is InChI=1S/C11H22N2OS/c1-4-6-11(14)13(9(3)5-2)8-7-10(12)15/h9H,4-8H2,1-3H3,(H2,12,15). The molecule has 0 aliphatic heterocycles. The van der Waals surface area contributed by atoms with Crippen molar-refractivity contribution < 1.29 is 4.79 Å². The lowest BCUT2D eigenvalue weighted by Crippen LogP contribution is -2.40. The molecule has 0 saturated carbocycles. The van der Waals surface area contributed by atoms with Crippen LogP contribution in [-0.2, 0) is 4.79 Å². The first-order valence-corrected chi connectivity index (χ1v) is 6.01. The molecule has 1 atom stereocenters. The third-order valence-corrected chi connectivity index (χ3v) is 2.71. The molecule has 4 heteroatoms. The van der Waals surface area contributed by atoms with Gasteiger partial charge in [0.25, 0.3) is 0 Å². The number of thiocarbonyl (C=S) groups is 1. The summed E-state index contributed by atoms with van der Waals surface area (Å²) in [7, 11) is 0. The summed E-state index contributed by atoms with van der Waals surface area (Å²) in [6.07, 6.45) is 3.09. The van der Waals surface area contributed by atoms with Crippen molar-refractivity contribution in [2.45, 2.75) is 52.5 Å². The summed E-state index contributed by atoms with van der Waals surface area (Å²) in [5.74, 6) is 0.211. The summed E-state index contributed by atoms with van der Waals surface area (Å²) < 4.78 is 0. The highest BCUT2D eigenvalue weighted by atomic mass is 32.1. The minimum Gasteiger partial charge on any atom is -0.393 e. The van der Waals surface area contributed by atoms with Gasteiger partial charge in [0.1, 0.15) is 0 Å². The smallest absolute Gasteiger partial charge is 0.222 e. The zero-order valence-corrected chi connectivity index (χ0v) is 10.8. The van der Waals surface area contributed by atoms with E-state index in [1.165, 1.54) is 0 Å². The van der Waals surface area contributed by atoms with E-state index >= 15 is 0 Å². The van der Waals surface area contributed by atoms with Crippen LogP contribution in [0.25, 0.3) is 0 Å². The largest absolute Gasteiger partial charge is 0.393 e. The second-order valence-electron chi connectivity index (χ2n) is 3.81. The van der Waals surface area contributed by atoms with Gasteiger partial charge in [0.15, 0.2) is 0 Å². The van der Waals surface area contributed by atoms with E-state index in [1.807, 2.05) is 11.8 Å². The predicted molar refractivity (Wildman–Crippen MR) is 67.8 cm³/mol. The average Bonchev–Trinajstić information content (AvgIpc) is 2.17. The van der Waals surface area contributed by atoms with Crippen LogP contribution in [0.1, 0.15) is 46.5 Å². The van der Waals surface area contributed by atoms with Gasteiger partial charge >= 0.3 is 0 Å². The Kier molecular flexibility index (Phi) is 7.30. The number of hydrogen-bond donors (Lipinski definition) is 1. The maximum absolute atomic E-state index is 11.8. The van der Waals surface area contributed by atoms with Crippen molar-refractivity contribution in [2.75, 3.05) is 6.54 Å². The van der Waals surface area contributed by atoms with Crippen LogP contribution in [0.3, 0.4) is 0 Å². The van der Waals surface area contributed by atoms with Crippen molar-refractivity contribution >= 4 is 23.1 Å². The summed E-state index contributed by atoms with van der Waals surface area (Å²) in [4.78, 5) is 14.2. The van der Waals surface area contributed by atoms with Gasteiger partial charge in [-0.05, 0) is 19.8 Å². The first kappa shape index (κ1) is 14.4. The van der Waals surface area contributed by atoms with E-state index in [9.17, 15) is 4.79 Å². The summed E-state index contributed by atoms with van der Waals surface area (Å²) in [5, 5.41) is 0. The van der Waals surface area contributed by atoms with E-state index in [0.29, 0.717) is 24.4 Å². The van der Waals surface area contributed by atoms with E-state index in [4.69, 9.17) is 18.0 Å². The van der Waals surface area contributed by atoms with Crippen LogP contribution in [0, 0.1) is 0 Å². The molecule has 0 aromatic rings. The molecule has 0 rings (SSSR count). The fourth-order valence-electron chi connectivity index (χ4n) is 1.40. The van der Waals surface area contributed by atoms with Crippen molar-refractivity contribution in [1.29, 1.82) is 0 Å². The number of carbonyl (C=O) groups is 1. The van der Waals surface area contributed by atoms with Crippen LogP contribution in [0.5, 0.6) is 0 Å². The second kappa shape index (κ2) is 7.63. The van der Waals surface area contributed by atoms with Gasteiger partial charge < -0.3 is 10.6 Å². The molecule has 3 nitrogen and oxygen atoms in total. The average molecular weight is 230 g/mol. The van der Waals surface area contributed by atoms with Gasteiger partial charge in [-0.3, -0.25) is 4.79 Å². The molecule has 0 aliphatic rings. The van der Waals surface area contributed by atoms with Crippen LogP contribution >= 0.6 is 12.2 Å². The molecule has 0 aromatic carbocycles. The van der Waals surface area contributed by atoms with Crippen LogP contribution in [0.4, 0.5) is 0 Å². The quantitative estimate of drug-likeness (QED) is 0.681. The van der Waals surface area contributed by atoms with Crippen molar-refractivity contribution in [3.8, 4) is 0 Å². The summed E-state index contributed by atoms with van der Waals surface area (Å²) in [6.45, 7) is 6.81. The Morgan fingerprint density at radius 1 is 1.40 bits per heavy atom. The van der Waals surface area contributed by atoms with Crippen LogP contribution in [0.15, 0.2) is 0 Å². The highest BCUT2D eigenvalue weighted by Gasteiger charge is 2.17. The lowest BCUT2D eigenvalue weighted by atomic mass is 10.2. The molecule has 88 valence electrons. The summed E-state index contributed by atoms with van der Waals surface area (Å²) >= 11 is 4.83. The monoisotopic (exact) mass is 230 g/mol. The molecular weight excluding hydrogens is 208 g/mol. The Hall–Kier alpha value is -0.640. The third kappa shape index (κ3) is 5.72. The first-order valence-electron chi connectivity index (χ1n) is 5.60. The fraction of sp³-hybridized carbons (Fsp3) is 0.818. The maximum Gasteiger partial charge on any atom is 0.222 e. The SMILES string of the molecule is CCCC(=O)N(CCC(N)=S)C(C)CC. The van der Waals surface area contributed by atoms with Gasteiger partial charge in [-0.15, -0.1) is 0 Å². The highest BCUT2D eigenvalue weighted by molar-refractivity contribution is 7.80. The molecule has 15 heavy (non-hydrogen) atoms. The lowest BCUT2D eigenvalue weighted by molar-refractivity contribution is -0.133. The minimum atomic E-state index is 0.211. The van der Waals surface area contributed by atoms with E-state index in [2.05, 4.69) is 13.8 Å². The Bertz CT molecular complexity index is 219. The fourth-order valence-corrected chi connectivity index (χ4v) is 1.49.